The highest BCUT2D eigenvalue weighted by atomic mass is 35.5. The van der Waals surface area contributed by atoms with Gasteiger partial charge in [0.2, 0.25) is 0 Å². The summed E-state index contributed by atoms with van der Waals surface area (Å²) in [7, 11) is 0. The van der Waals surface area contributed by atoms with Crippen LogP contribution < -0.4 is 4.74 Å². The van der Waals surface area contributed by atoms with E-state index in [0.717, 1.165) is 38.3 Å². The van der Waals surface area contributed by atoms with Crippen LogP contribution in [0.3, 0.4) is 0 Å². The van der Waals surface area contributed by atoms with Crippen molar-refractivity contribution in [2.75, 3.05) is 19.7 Å². The maximum atomic E-state index is 12.6. The number of carbonyl (C=O) groups is 1. The molecule has 0 aliphatic carbocycles. The van der Waals surface area contributed by atoms with E-state index in [2.05, 4.69) is 18.2 Å². The van der Waals surface area contributed by atoms with E-state index in [-0.39, 0.29) is 5.91 Å². The predicted octanol–water partition coefficient (Wildman–Crippen LogP) is 3.90. The van der Waals surface area contributed by atoms with E-state index in [1.165, 1.54) is 11.1 Å². The van der Waals surface area contributed by atoms with Crippen LogP contribution in [0.5, 0.6) is 5.75 Å². The van der Waals surface area contributed by atoms with Gasteiger partial charge >= 0.3 is 0 Å². The Morgan fingerprint density at radius 3 is 3.00 bits per heavy atom. The van der Waals surface area contributed by atoms with Gasteiger partial charge in [-0.05, 0) is 41.8 Å². The molecular weight excluding hydrogens is 310 g/mol. The molecule has 3 nitrogen and oxygen atoms in total. The van der Waals surface area contributed by atoms with Crippen LogP contribution in [0.25, 0.3) is 0 Å². The molecule has 0 N–H and O–H groups in total. The molecule has 2 aliphatic heterocycles. The zero-order valence-electron chi connectivity index (χ0n) is 12.8. The molecule has 2 aromatic carbocycles. The SMILES string of the molecule is O=C(c1cccc(Cl)c1)N1CC[C@@H](c2ccc3c(c2)CCO3)C1. The number of halogens is 1. The number of amides is 1. The molecule has 0 bridgehead atoms. The molecule has 0 radical (unpaired) electrons. The van der Waals surface area contributed by atoms with Crippen LogP contribution >= 0.6 is 11.6 Å². The molecule has 0 aromatic heterocycles. The van der Waals surface area contributed by atoms with Gasteiger partial charge in [-0.15, -0.1) is 0 Å². The number of rotatable bonds is 2. The van der Waals surface area contributed by atoms with E-state index in [4.69, 9.17) is 16.3 Å². The number of benzene rings is 2. The normalized spacial score (nSPS) is 19.5. The molecule has 2 heterocycles. The van der Waals surface area contributed by atoms with Gasteiger partial charge in [-0.1, -0.05) is 29.8 Å². The molecule has 1 saturated heterocycles. The van der Waals surface area contributed by atoms with Gasteiger partial charge in [0.15, 0.2) is 0 Å². The predicted molar refractivity (Wildman–Crippen MR) is 90.4 cm³/mol. The van der Waals surface area contributed by atoms with E-state index in [1.54, 1.807) is 12.1 Å². The van der Waals surface area contributed by atoms with Crippen molar-refractivity contribution >= 4 is 17.5 Å². The first-order valence-corrected chi connectivity index (χ1v) is 8.39. The summed E-state index contributed by atoms with van der Waals surface area (Å²) < 4.78 is 5.57. The van der Waals surface area contributed by atoms with Crippen molar-refractivity contribution < 1.29 is 9.53 Å². The lowest BCUT2D eigenvalue weighted by Gasteiger charge is -2.17. The Kier molecular flexibility index (Phi) is 3.74. The lowest BCUT2D eigenvalue weighted by atomic mass is 9.96. The standard InChI is InChI=1S/C19H18ClNO2/c20-17-3-1-2-15(11-17)19(22)21-8-6-16(12-21)13-4-5-18-14(10-13)7-9-23-18/h1-5,10-11,16H,6-9,12H2/t16-/m1/s1. The minimum atomic E-state index is 0.0690. The number of hydrogen-bond acceptors (Lipinski definition) is 2. The van der Waals surface area contributed by atoms with Gasteiger partial charge in [0, 0.05) is 36.0 Å². The summed E-state index contributed by atoms with van der Waals surface area (Å²) in [6.07, 6.45) is 1.99. The largest absolute Gasteiger partial charge is 0.493 e. The molecule has 1 fully saturated rings. The summed E-state index contributed by atoms with van der Waals surface area (Å²) in [4.78, 5) is 14.5. The highest BCUT2D eigenvalue weighted by Gasteiger charge is 2.28. The molecular formula is C19H18ClNO2. The lowest BCUT2D eigenvalue weighted by molar-refractivity contribution is 0.0791. The minimum Gasteiger partial charge on any atom is -0.493 e. The second-order valence-electron chi connectivity index (χ2n) is 6.21. The first-order chi connectivity index (χ1) is 11.2. The molecule has 118 valence electrons. The van der Waals surface area contributed by atoms with Crippen LogP contribution in [-0.2, 0) is 6.42 Å². The molecule has 0 unspecified atom stereocenters. The van der Waals surface area contributed by atoms with Crippen molar-refractivity contribution in [1.29, 1.82) is 0 Å². The quantitative estimate of drug-likeness (QED) is 0.837. The Balaban J connectivity index is 1.50. The maximum Gasteiger partial charge on any atom is 0.253 e. The molecule has 1 atom stereocenters. The molecule has 1 amide bonds. The first-order valence-electron chi connectivity index (χ1n) is 8.01. The van der Waals surface area contributed by atoms with Crippen LogP contribution in [0, 0.1) is 0 Å². The number of fused-ring (bicyclic) bond motifs is 1. The fourth-order valence-corrected chi connectivity index (χ4v) is 3.67. The highest BCUT2D eigenvalue weighted by molar-refractivity contribution is 6.30. The van der Waals surface area contributed by atoms with Gasteiger partial charge in [-0.25, -0.2) is 0 Å². The summed E-state index contributed by atoms with van der Waals surface area (Å²) in [6.45, 7) is 2.34. The third-order valence-corrected chi connectivity index (χ3v) is 4.97. The van der Waals surface area contributed by atoms with Gasteiger partial charge < -0.3 is 9.64 Å². The Morgan fingerprint density at radius 2 is 2.13 bits per heavy atom. The zero-order valence-corrected chi connectivity index (χ0v) is 13.6. The molecule has 2 aliphatic rings. The number of likely N-dealkylation sites (tertiary alicyclic amines) is 1. The number of hydrogen-bond donors (Lipinski definition) is 0. The van der Waals surface area contributed by atoms with Gasteiger partial charge in [0.25, 0.3) is 5.91 Å². The Bertz CT molecular complexity index is 759. The topological polar surface area (TPSA) is 29.5 Å². The average Bonchev–Trinajstić information content (AvgIpc) is 3.22. The van der Waals surface area contributed by atoms with E-state index < -0.39 is 0 Å². The highest BCUT2D eigenvalue weighted by Crippen LogP contribution is 2.33. The van der Waals surface area contributed by atoms with Crippen molar-refractivity contribution in [3.8, 4) is 5.75 Å². The zero-order chi connectivity index (χ0) is 15.8. The van der Waals surface area contributed by atoms with E-state index in [1.807, 2.05) is 17.0 Å². The average molecular weight is 328 g/mol. The van der Waals surface area contributed by atoms with Crippen molar-refractivity contribution in [3.63, 3.8) is 0 Å². The van der Waals surface area contributed by atoms with Gasteiger partial charge in [-0.2, -0.15) is 0 Å². The maximum absolute atomic E-state index is 12.6. The Labute approximate surface area is 140 Å². The number of nitrogens with zero attached hydrogens (tertiary/aromatic N) is 1. The first kappa shape index (κ1) is 14.6. The van der Waals surface area contributed by atoms with Crippen molar-refractivity contribution in [2.45, 2.75) is 18.8 Å². The van der Waals surface area contributed by atoms with Crippen LogP contribution in [0.2, 0.25) is 5.02 Å². The van der Waals surface area contributed by atoms with Gasteiger partial charge in [0.1, 0.15) is 5.75 Å². The van der Waals surface area contributed by atoms with E-state index in [9.17, 15) is 4.79 Å². The lowest BCUT2D eigenvalue weighted by Crippen LogP contribution is -2.28. The Hall–Kier alpha value is -2.00. The molecule has 0 spiro atoms. The Morgan fingerprint density at radius 1 is 1.22 bits per heavy atom. The van der Waals surface area contributed by atoms with Crippen LogP contribution in [0.15, 0.2) is 42.5 Å². The van der Waals surface area contributed by atoms with Crippen LogP contribution in [-0.4, -0.2) is 30.5 Å². The van der Waals surface area contributed by atoms with Crippen LogP contribution in [0.4, 0.5) is 0 Å². The summed E-state index contributed by atoms with van der Waals surface area (Å²) in [5.41, 5.74) is 3.28. The summed E-state index contributed by atoms with van der Waals surface area (Å²) in [6, 6.07) is 13.6. The van der Waals surface area contributed by atoms with Crippen molar-refractivity contribution in [2.24, 2.45) is 0 Å². The monoisotopic (exact) mass is 327 g/mol. The summed E-state index contributed by atoms with van der Waals surface area (Å²) >= 11 is 5.99. The third-order valence-electron chi connectivity index (χ3n) is 4.73. The van der Waals surface area contributed by atoms with E-state index >= 15 is 0 Å². The van der Waals surface area contributed by atoms with Gasteiger partial charge in [-0.3, -0.25) is 4.79 Å². The smallest absolute Gasteiger partial charge is 0.253 e. The number of ether oxygens (including phenoxy) is 1. The fourth-order valence-electron chi connectivity index (χ4n) is 3.48. The second-order valence-corrected chi connectivity index (χ2v) is 6.65. The number of carbonyl (C=O) groups excluding carboxylic acids is 1. The summed E-state index contributed by atoms with van der Waals surface area (Å²) in [5.74, 6) is 1.49. The van der Waals surface area contributed by atoms with Crippen LogP contribution in [0.1, 0.15) is 33.8 Å². The molecule has 4 rings (SSSR count). The van der Waals surface area contributed by atoms with Crippen molar-refractivity contribution in [3.05, 3.63) is 64.2 Å². The molecule has 2 aromatic rings. The fraction of sp³-hybridized carbons (Fsp3) is 0.316. The molecule has 0 saturated carbocycles. The van der Waals surface area contributed by atoms with Crippen molar-refractivity contribution in [1.82, 2.24) is 4.90 Å². The molecule has 23 heavy (non-hydrogen) atoms. The summed E-state index contributed by atoms with van der Waals surface area (Å²) in [5, 5.41) is 0.602. The van der Waals surface area contributed by atoms with Gasteiger partial charge in [0.05, 0.1) is 6.61 Å². The second kappa shape index (κ2) is 5.89. The molecule has 4 heteroatoms. The third kappa shape index (κ3) is 2.81. The minimum absolute atomic E-state index is 0.0690. The van der Waals surface area contributed by atoms with E-state index in [0.29, 0.717) is 16.5 Å².